The molecule has 1 heterocycles. The van der Waals surface area contributed by atoms with Crippen LogP contribution < -0.4 is 4.74 Å². The van der Waals surface area contributed by atoms with Gasteiger partial charge in [-0.2, -0.15) is 4.31 Å². The second-order valence-electron chi connectivity index (χ2n) is 7.40. The number of nitrogens with zero attached hydrogens (tertiary/aromatic N) is 2. The van der Waals surface area contributed by atoms with Gasteiger partial charge in [0.2, 0.25) is 15.9 Å². The maximum Gasteiger partial charge on any atom is 0.243 e. The van der Waals surface area contributed by atoms with E-state index in [4.69, 9.17) is 4.74 Å². The molecule has 0 bridgehead atoms. The first-order valence-corrected chi connectivity index (χ1v) is 11.2. The average molecular weight is 417 g/mol. The Morgan fingerprint density at radius 2 is 1.66 bits per heavy atom. The fraction of sp³-hybridized carbons (Fsp3) is 0.409. The Morgan fingerprint density at radius 3 is 2.28 bits per heavy atom. The van der Waals surface area contributed by atoms with Crippen molar-refractivity contribution in [1.82, 2.24) is 9.21 Å². The van der Waals surface area contributed by atoms with E-state index in [9.17, 15) is 13.2 Å². The molecule has 0 saturated carbocycles. The summed E-state index contributed by atoms with van der Waals surface area (Å²) in [7, 11) is -1.92. The lowest BCUT2D eigenvalue weighted by Crippen LogP contribution is -2.50. The van der Waals surface area contributed by atoms with E-state index in [1.54, 1.807) is 18.1 Å². The third-order valence-corrected chi connectivity index (χ3v) is 7.38. The van der Waals surface area contributed by atoms with E-state index in [1.807, 2.05) is 50.2 Å². The highest BCUT2D eigenvalue weighted by Crippen LogP contribution is 2.22. The Kier molecular flexibility index (Phi) is 6.59. The van der Waals surface area contributed by atoms with Gasteiger partial charge in [0.15, 0.2) is 0 Å². The molecule has 6 nitrogen and oxygen atoms in total. The van der Waals surface area contributed by atoms with E-state index in [0.29, 0.717) is 43.9 Å². The van der Waals surface area contributed by atoms with Crippen molar-refractivity contribution in [3.05, 3.63) is 59.2 Å². The number of piperazine rings is 1. The van der Waals surface area contributed by atoms with Crippen LogP contribution in [0.2, 0.25) is 0 Å². The van der Waals surface area contributed by atoms with Gasteiger partial charge in [-0.05, 0) is 55.2 Å². The van der Waals surface area contributed by atoms with Crippen LogP contribution in [0.4, 0.5) is 0 Å². The summed E-state index contributed by atoms with van der Waals surface area (Å²) in [5.41, 5.74) is 2.74. The van der Waals surface area contributed by atoms with Crippen molar-refractivity contribution in [3.63, 3.8) is 0 Å². The SMILES string of the molecule is COc1ccc(CCC(=O)N2CCN(S(=O)(=O)c3cc(C)ccc3C)CC2)cc1. The molecule has 1 fully saturated rings. The van der Waals surface area contributed by atoms with Crippen LogP contribution in [0, 0.1) is 13.8 Å². The second kappa shape index (κ2) is 8.97. The van der Waals surface area contributed by atoms with Gasteiger partial charge in [-0.1, -0.05) is 24.3 Å². The van der Waals surface area contributed by atoms with E-state index in [2.05, 4.69) is 0 Å². The Balaban J connectivity index is 1.56. The highest BCUT2D eigenvalue weighted by atomic mass is 32.2. The van der Waals surface area contributed by atoms with Gasteiger partial charge in [-0.25, -0.2) is 8.42 Å². The van der Waals surface area contributed by atoms with Gasteiger partial charge >= 0.3 is 0 Å². The maximum absolute atomic E-state index is 13.0. The Hall–Kier alpha value is -2.38. The number of aryl methyl sites for hydroxylation is 3. The molecule has 1 amide bonds. The summed E-state index contributed by atoms with van der Waals surface area (Å²) in [4.78, 5) is 14.7. The smallest absolute Gasteiger partial charge is 0.243 e. The van der Waals surface area contributed by atoms with Crippen LogP contribution in [0.1, 0.15) is 23.1 Å². The van der Waals surface area contributed by atoms with Crippen LogP contribution in [0.15, 0.2) is 47.4 Å². The standard InChI is InChI=1S/C22H28N2O4S/c1-17-4-5-18(2)21(16-17)29(26,27)24-14-12-23(13-15-24)22(25)11-8-19-6-9-20(28-3)10-7-19/h4-7,9-10,16H,8,11-15H2,1-3H3. The molecule has 0 unspecified atom stereocenters. The number of carbonyl (C=O) groups excluding carboxylic acids is 1. The molecule has 0 N–H and O–H groups in total. The Morgan fingerprint density at radius 1 is 1.00 bits per heavy atom. The van der Waals surface area contributed by atoms with Gasteiger partial charge in [0.05, 0.1) is 12.0 Å². The number of hydrogen-bond donors (Lipinski definition) is 0. The van der Waals surface area contributed by atoms with Crippen molar-refractivity contribution in [2.24, 2.45) is 0 Å². The average Bonchev–Trinajstić information content (AvgIpc) is 2.74. The van der Waals surface area contributed by atoms with Gasteiger partial charge in [-0.15, -0.1) is 0 Å². The molecule has 2 aromatic carbocycles. The van der Waals surface area contributed by atoms with Crippen molar-refractivity contribution in [2.45, 2.75) is 31.6 Å². The van der Waals surface area contributed by atoms with Crippen molar-refractivity contribution in [1.29, 1.82) is 0 Å². The van der Waals surface area contributed by atoms with Gasteiger partial charge in [-0.3, -0.25) is 4.79 Å². The largest absolute Gasteiger partial charge is 0.497 e. The van der Waals surface area contributed by atoms with E-state index < -0.39 is 10.0 Å². The number of rotatable bonds is 6. The normalized spacial score (nSPS) is 15.3. The minimum atomic E-state index is -3.54. The van der Waals surface area contributed by atoms with Crippen molar-refractivity contribution < 1.29 is 17.9 Å². The summed E-state index contributed by atoms with van der Waals surface area (Å²) < 4.78 is 32.7. The molecule has 29 heavy (non-hydrogen) atoms. The van der Waals surface area contributed by atoms with Crippen molar-refractivity contribution in [3.8, 4) is 5.75 Å². The molecular formula is C22H28N2O4S. The molecule has 2 aromatic rings. The van der Waals surface area contributed by atoms with Crippen LogP contribution in [0.5, 0.6) is 5.75 Å². The third-order valence-electron chi connectivity index (χ3n) is 5.34. The molecule has 0 spiro atoms. The van der Waals surface area contributed by atoms with Crippen LogP contribution in [0.3, 0.4) is 0 Å². The molecule has 1 aliphatic heterocycles. The van der Waals surface area contributed by atoms with Gasteiger partial charge < -0.3 is 9.64 Å². The molecule has 1 aliphatic rings. The Bertz CT molecular complexity index is 963. The number of hydrogen-bond acceptors (Lipinski definition) is 4. The number of amides is 1. The van der Waals surface area contributed by atoms with Crippen molar-refractivity contribution in [2.75, 3.05) is 33.3 Å². The van der Waals surface area contributed by atoms with Gasteiger partial charge in [0, 0.05) is 32.6 Å². The molecule has 1 saturated heterocycles. The first kappa shape index (κ1) is 21.3. The zero-order valence-electron chi connectivity index (χ0n) is 17.2. The zero-order chi connectivity index (χ0) is 21.0. The molecule has 0 radical (unpaired) electrons. The second-order valence-corrected chi connectivity index (χ2v) is 9.31. The lowest BCUT2D eigenvalue weighted by Gasteiger charge is -2.34. The molecule has 0 aliphatic carbocycles. The lowest BCUT2D eigenvalue weighted by atomic mass is 10.1. The predicted octanol–water partition coefficient (Wildman–Crippen LogP) is 2.78. The summed E-state index contributed by atoms with van der Waals surface area (Å²) in [5, 5.41) is 0. The summed E-state index contributed by atoms with van der Waals surface area (Å²) >= 11 is 0. The fourth-order valence-electron chi connectivity index (χ4n) is 3.50. The fourth-order valence-corrected chi connectivity index (χ4v) is 5.24. The third kappa shape index (κ3) is 4.97. The molecular weight excluding hydrogens is 388 g/mol. The van der Waals surface area contributed by atoms with E-state index in [-0.39, 0.29) is 5.91 Å². The quantitative estimate of drug-likeness (QED) is 0.726. The topological polar surface area (TPSA) is 66.9 Å². The van der Waals surface area contributed by atoms with Crippen LogP contribution in [-0.4, -0.2) is 56.8 Å². The number of sulfonamides is 1. The summed E-state index contributed by atoms with van der Waals surface area (Å²) in [6, 6.07) is 13.2. The molecule has 156 valence electrons. The zero-order valence-corrected chi connectivity index (χ0v) is 18.0. The molecule has 7 heteroatoms. The predicted molar refractivity (Wildman–Crippen MR) is 113 cm³/mol. The maximum atomic E-state index is 13.0. The van der Waals surface area contributed by atoms with E-state index in [0.717, 1.165) is 22.4 Å². The van der Waals surface area contributed by atoms with E-state index >= 15 is 0 Å². The summed E-state index contributed by atoms with van der Waals surface area (Å²) in [5.74, 6) is 0.853. The van der Waals surface area contributed by atoms with Crippen LogP contribution >= 0.6 is 0 Å². The summed E-state index contributed by atoms with van der Waals surface area (Å²) in [6.45, 7) is 5.19. The Labute approximate surface area is 173 Å². The molecule has 3 rings (SSSR count). The highest BCUT2D eigenvalue weighted by Gasteiger charge is 2.30. The minimum absolute atomic E-state index is 0.0598. The molecule has 0 atom stereocenters. The molecule has 0 aromatic heterocycles. The number of ether oxygens (including phenoxy) is 1. The van der Waals surface area contributed by atoms with Crippen LogP contribution in [0.25, 0.3) is 0 Å². The number of carbonyl (C=O) groups is 1. The first-order chi connectivity index (χ1) is 13.8. The first-order valence-electron chi connectivity index (χ1n) is 9.79. The van der Waals surface area contributed by atoms with Gasteiger partial charge in [0.25, 0.3) is 0 Å². The van der Waals surface area contributed by atoms with Crippen LogP contribution in [-0.2, 0) is 21.2 Å². The monoisotopic (exact) mass is 416 g/mol. The van der Waals surface area contributed by atoms with E-state index in [1.165, 1.54) is 4.31 Å². The highest BCUT2D eigenvalue weighted by molar-refractivity contribution is 7.89. The summed E-state index contributed by atoms with van der Waals surface area (Å²) in [6.07, 6.45) is 1.07. The van der Waals surface area contributed by atoms with Crippen molar-refractivity contribution >= 4 is 15.9 Å². The number of methoxy groups -OCH3 is 1. The lowest BCUT2D eigenvalue weighted by molar-refractivity contribution is -0.132. The minimum Gasteiger partial charge on any atom is -0.497 e. The number of benzene rings is 2. The van der Waals surface area contributed by atoms with Gasteiger partial charge in [0.1, 0.15) is 5.75 Å².